The summed E-state index contributed by atoms with van der Waals surface area (Å²) in [7, 11) is 9.02. The molecule has 1 aromatic carbocycles. The van der Waals surface area contributed by atoms with E-state index in [9.17, 15) is 14.9 Å². The van der Waals surface area contributed by atoms with Crippen LogP contribution in [0.3, 0.4) is 0 Å². The van der Waals surface area contributed by atoms with Gasteiger partial charge in [0.15, 0.2) is 11.9 Å². The van der Waals surface area contributed by atoms with Crippen LogP contribution in [-0.4, -0.2) is 107 Å². The van der Waals surface area contributed by atoms with Gasteiger partial charge in [-0.1, -0.05) is 6.07 Å². The third-order valence-corrected chi connectivity index (χ3v) is 6.01. The van der Waals surface area contributed by atoms with Crippen molar-refractivity contribution in [1.29, 1.82) is 0 Å². The van der Waals surface area contributed by atoms with Crippen molar-refractivity contribution in [2.75, 3.05) is 55.6 Å². The molecule has 1 aliphatic heterocycles. The molecule has 1 heterocycles. The number of nitrogens with zero attached hydrogens (tertiary/aromatic N) is 2. The van der Waals surface area contributed by atoms with E-state index in [1.54, 1.807) is 18.0 Å². The summed E-state index contributed by atoms with van der Waals surface area (Å²) in [6.45, 7) is 1.38. The van der Waals surface area contributed by atoms with Crippen LogP contribution in [-0.2, 0) is 39.8 Å². The van der Waals surface area contributed by atoms with Crippen molar-refractivity contribution in [3.63, 3.8) is 0 Å². The maximum atomic E-state index is 12.3. The van der Waals surface area contributed by atoms with Gasteiger partial charge in [0.2, 0.25) is 6.29 Å². The molecule has 1 fully saturated rings. The lowest BCUT2D eigenvalue weighted by Crippen LogP contribution is -2.63. The fourth-order valence-corrected chi connectivity index (χ4v) is 3.78. The maximum absolute atomic E-state index is 12.3. The number of thiocarbonyl (C=S) groups is 1. The van der Waals surface area contributed by atoms with E-state index in [0.717, 1.165) is 6.54 Å². The molecule has 14 heteroatoms. The van der Waals surface area contributed by atoms with Crippen molar-refractivity contribution in [3.05, 3.63) is 33.9 Å². The Morgan fingerprint density at radius 1 is 1.17 bits per heavy atom. The minimum atomic E-state index is -1.25. The van der Waals surface area contributed by atoms with Crippen LogP contribution in [0.4, 0.5) is 5.69 Å². The number of nitrogens with one attached hydrogen (secondary N) is 1. The Kier molecular flexibility index (Phi) is 11.7. The second-order valence-corrected chi connectivity index (χ2v) is 8.16. The number of methoxy groups -OCH3 is 4. The smallest absolute Gasteiger partial charge is 0.338 e. The van der Waals surface area contributed by atoms with Gasteiger partial charge in [0, 0.05) is 47.5 Å². The summed E-state index contributed by atoms with van der Waals surface area (Å²) in [5.74, 6) is -0.816. The zero-order chi connectivity index (χ0) is 26.8. The molecule has 0 amide bonds. The Morgan fingerprint density at radius 3 is 2.39 bits per heavy atom. The normalized spacial score (nSPS) is 23.6. The summed E-state index contributed by atoms with van der Waals surface area (Å²) in [4.78, 5) is 25.3. The van der Waals surface area contributed by atoms with Gasteiger partial charge in [0.05, 0.1) is 12.0 Å². The first-order valence-corrected chi connectivity index (χ1v) is 11.4. The zero-order valence-electron chi connectivity index (χ0n) is 21.1. The molecule has 0 unspecified atom stereocenters. The van der Waals surface area contributed by atoms with Crippen LogP contribution in [0, 0.1) is 10.1 Å². The highest BCUT2D eigenvalue weighted by Crippen LogP contribution is 2.34. The van der Waals surface area contributed by atoms with Crippen LogP contribution in [0.25, 0.3) is 0 Å². The topological polar surface area (TPSA) is 140 Å². The molecule has 13 nitrogen and oxygen atoms in total. The van der Waals surface area contributed by atoms with Crippen LogP contribution in [0.5, 0.6) is 5.75 Å². The Hall–Kier alpha value is -2.62. The largest absolute Gasteiger partial charge is 0.467 e. The lowest BCUT2D eigenvalue weighted by Gasteiger charge is -2.43. The van der Waals surface area contributed by atoms with E-state index in [2.05, 4.69) is 5.32 Å². The Bertz CT molecular complexity index is 905. The van der Waals surface area contributed by atoms with Crippen molar-refractivity contribution in [1.82, 2.24) is 10.2 Å². The molecule has 1 saturated heterocycles. The predicted octanol–water partition coefficient (Wildman–Crippen LogP) is 0.869. The summed E-state index contributed by atoms with van der Waals surface area (Å²) < 4.78 is 38.4. The van der Waals surface area contributed by atoms with E-state index in [4.69, 9.17) is 45.4 Å². The van der Waals surface area contributed by atoms with Gasteiger partial charge in [-0.2, -0.15) is 0 Å². The number of likely N-dealkylation sites (N-methyl/N-ethyl adjacent to an activating group) is 2. The number of carbonyl (C=O) groups excluding carboxylic acids is 1. The zero-order valence-corrected chi connectivity index (χ0v) is 21.9. The summed E-state index contributed by atoms with van der Waals surface area (Å²) in [6.07, 6.45) is -5.00. The number of nitro benzene ring substituents is 1. The van der Waals surface area contributed by atoms with Crippen molar-refractivity contribution in [2.45, 2.75) is 37.3 Å². The minimum absolute atomic E-state index is 0.0240. The number of rotatable bonds is 12. The quantitative estimate of drug-likeness (QED) is 0.177. The molecule has 2 rings (SSSR count). The molecule has 0 saturated carbocycles. The van der Waals surface area contributed by atoms with E-state index < -0.39 is 41.6 Å². The molecular weight excluding hydrogens is 498 g/mol. The molecule has 1 aromatic rings. The van der Waals surface area contributed by atoms with E-state index in [1.165, 1.54) is 40.6 Å². The van der Waals surface area contributed by atoms with Crippen LogP contribution in [0.1, 0.15) is 5.56 Å². The molecule has 0 aromatic heterocycles. The van der Waals surface area contributed by atoms with Crippen LogP contribution in [0.15, 0.2) is 18.2 Å². The highest BCUT2D eigenvalue weighted by atomic mass is 32.1. The van der Waals surface area contributed by atoms with E-state index in [1.807, 2.05) is 7.05 Å². The van der Waals surface area contributed by atoms with Gasteiger partial charge in [-0.05, 0) is 30.9 Å². The highest BCUT2D eigenvalue weighted by molar-refractivity contribution is 7.80. The molecule has 0 radical (unpaired) electrons. The van der Waals surface area contributed by atoms with Crippen LogP contribution in [0.2, 0.25) is 0 Å². The number of esters is 1. The SMILES string of the molecule is CNCCN(C)C(=S)OCc1ccc(O[C@@H]2O[C@H](C(=O)OC)[C@@H](OC)[C@H](OC)[C@H]2OC)c([N+](=O)[O-])c1. The molecule has 5 atom stereocenters. The van der Waals surface area contributed by atoms with Crippen molar-refractivity contribution >= 4 is 29.0 Å². The minimum Gasteiger partial charge on any atom is -0.467 e. The van der Waals surface area contributed by atoms with E-state index in [0.29, 0.717) is 12.1 Å². The molecule has 202 valence electrons. The first-order valence-electron chi connectivity index (χ1n) is 11.0. The van der Waals surface area contributed by atoms with E-state index >= 15 is 0 Å². The summed E-state index contributed by atoms with van der Waals surface area (Å²) in [5.41, 5.74) is 0.175. The average Bonchev–Trinajstić information content (AvgIpc) is 2.89. The molecule has 0 spiro atoms. The Labute approximate surface area is 215 Å². The van der Waals surface area contributed by atoms with Crippen LogP contribution >= 0.6 is 12.2 Å². The lowest BCUT2D eigenvalue weighted by atomic mass is 9.98. The summed E-state index contributed by atoms with van der Waals surface area (Å²) in [5, 5.41) is 15.1. The van der Waals surface area contributed by atoms with Crippen LogP contribution < -0.4 is 10.1 Å². The second-order valence-electron chi connectivity index (χ2n) is 7.81. The van der Waals surface area contributed by atoms with Crippen molar-refractivity contribution in [2.24, 2.45) is 0 Å². The summed E-state index contributed by atoms with van der Waals surface area (Å²) in [6, 6.07) is 4.34. The van der Waals surface area contributed by atoms with Gasteiger partial charge in [0.25, 0.3) is 5.17 Å². The number of ether oxygens (including phenoxy) is 7. The predicted molar refractivity (Wildman–Crippen MR) is 131 cm³/mol. The van der Waals surface area contributed by atoms with E-state index in [-0.39, 0.29) is 23.2 Å². The first kappa shape index (κ1) is 29.6. The van der Waals surface area contributed by atoms with Gasteiger partial charge < -0.3 is 43.4 Å². The third-order valence-electron chi connectivity index (χ3n) is 5.58. The van der Waals surface area contributed by atoms with Gasteiger partial charge in [-0.25, -0.2) is 4.79 Å². The molecule has 1 aliphatic rings. The number of hydrogen-bond donors (Lipinski definition) is 1. The first-order chi connectivity index (χ1) is 17.2. The monoisotopic (exact) mass is 531 g/mol. The Morgan fingerprint density at radius 2 is 1.83 bits per heavy atom. The molecule has 0 bridgehead atoms. The third kappa shape index (κ3) is 7.21. The number of hydrogen-bond acceptors (Lipinski definition) is 12. The highest BCUT2D eigenvalue weighted by Gasteiger charge is 2.51. The lowest BCUT2D eigenvalue weighted by molar-refractivity contribution is -0.387. The molecule has 1 N–H and O–H groups in total. The fraction of sp³-hybridized carbons (Fsp3) is 0.636. The Balaban J connectivity index is 2.25. The van der Waals surface area contributed by atoms with Gasteiger partial charge >= 0.3 is 11.7 Å². The molecule has 36 heavy (non-hydrogen) atoms. The standard InChI is InChI=1S/C22H33N3O10S/c1-23-9-10-24(2)22(36)33-12-13-7-8-15(14(11-13)25(27)28)34-21-19(31-5)17(30-4)16(29-3)18(35-21)20(26)32-6/h7-8,11,16-19,21,23H,9-10,12H2,1-6H3/t16-,17-,18-,19+,21+/m0/s1. The molecular formula is C22H33N3O10S. The maximum Gasteiger partial charge on any atom is 0.338 e. The number of benzene rings is 1. The van der Waals surface area contributed by atoms with Gasteiger partial charge in [-0.3, -0.25) is 10.1 Å². The molecule has 0 aliphatic carbocycles. The number of nitro groups is 1. The van der Waals surface area contributed by atoms with Crippen molar-refractivity contribution < 1.29 is 42.9 Å². The summed E-state index contributed by atoms with van der Waals surface area (Å²) >= 11 is 5.24. The average molecular weight is 532 g/mol. The van der Waals surface area contributed by atoms with Crippen molar-refractivity contribution in [3.8, 4) is 5.75 Å². The van der Waals surface area contributed by atoms with Gasteiger partial charge in [0.1, 0.15) is 24.9 Å². The second kappa shape index (κ2) is 14.2. The van der Waals surface area contributed by atoms with Gasteiger partial charge in [-0.15, -0.1) is 0 Å². The fourth-order valence-electron chi connectivity index (χ4n) is 3.63. The number of carbonyl (C=O) groups is 1.